The van der Waals surface area contributed by atoms with Crippen molar-refractivity contribution >= 4 is 17.5 Å². The number of aryl methyl sites for hydroxylation is 1. The second-order valence-electron chi connectivity index (χ2n) is 4.43. The smallest absolute Gasteiger partial charge is 0.255 e. The van der Waals surface area contributed by atoms with E-state index in [-0.39, 0.29) is 17.9 Å². The van der Waals surface area contributed by atoms with E-state index in [1.165, 1.54) is 6.20 Å². The number of hydrogen-bond donors (Lipinski definition) is 3. The fourth-order valence-electron chi connectivity index (χ4n) is 1.89. The van der Waals surface area contributed by atoms with Gasteiger partial charge in [0.05, 0.1) is 5.56 Å². The summed E-state index contributed by atoms with van der Waals surface area (Å²) in [6.45, 7) is 2.28. The second kappa shape index (κ2) is 5.03. The van der Waals surface area contributed by atoms with Crippen LogP contribution >= 0.6 is 0 Å². The predicted octanol–water partition coefficient (Wildman–Crippen LogP) is -0.0194. The molecule has 1 unspecified atom stereocenters. The second-order valence-corrected chi connectivity index (χ2v) is 4.43. The Morgan fingerprint density at radius 3 is 3.00 bits per heavy atom. The molecule has 1 fully saturated rings. The lowest BCUT2D eigenvalue weighted by Crippen LogP contribution is -2.47. The number of nitrogens with zero attached hydrogens (tertiary/aromatic N) is 1. The Balaban J connectivity index is 2.01. The standard InChI is InChI=1S/C12H16N4O2/c1-7-4-10(13)9(6-14-7)12(18)16-8-2-3-11(17)15-5-8/h4,6,8H,2-3,5H2,1H3,(H2,13,14)(H,15,17)(H,16,18). The van der Waals surface area contributed by atoms with Crippen LogP contribution in [0.5, 0.6) is 0 Å². The number of carbonyl (C=O) groups is 2. The summed E-state index contributed by atoms with van der Waals surface area (Å²) < 4.78 is 0. The lowest BCUT2D eigenvalue weighted by molar-refractivity contribution is -0.122. The van der Waals surface area contributed by atoms with Crippen molar-refractivity contribution in [3.63, 3.8) is 0 Å². The largest absolute Gasteiger partial charge is 0.398 e. The first kappa shape index (κ1) is 12.3. The number of hydrogen-bond acceptors (Lipinski definition) is 4. The van der Waals surface area contributed by atoms with Gasteiger partial charge in [0.2, 0.25) is 5.91 Å². The molecule has 1 aliphatic heterocycles. The van der Waals surface area contributed by atoms with Crippen LogP contribution in [0.3, 0.4) is 0 Å². The summed E-state index contributed by atoms with van der Waals surface area (Å²) >= 11 is 0. The van der Waals surface area contributed by atoms with Crippen molar-refractivity contribution in [3.8, 4) is 0 Å². The van der Waals surface area contributed by atoms with E-state index in [0.717, 1.165) is 5.69 Å². The summed E-state index contributed by atoms with van der Waals surface area (Å²) in [4.78, 5) is 27.0. The molecule has 2 rings (SSSR count). The Hall–Kier alpha value is -2.11. The first-order chi connectivity index (χ1) is 8.56. The number of carbonyl (C=O) groups excluding carboxylic acids is 2. The Morgan fingerprint density at radius 1 is 1.61 bits per heavy atom. The molecule has 6 nitrogen and oxygen atoms in total. The summed E-state index contributed by atoms with van der Waals surface area (Å²) in [5.74, 6) is -0.224. The average molecular weight is 248 g/mol. The fourth-order valence-corrected chi connectivity index (χ4v) is 1.89. The number of aromatic nitrogens is 1. The third-order valence-electron chi connectivity index (χ3n) is 2.92. The molecular formula is C12H16N4O2. The van der Waals surface area contributed by atoms with Gasteiger partial charge in [-0.25, -0.2) is 0 Å². The maximum Gasteiger partial charge on any atom is 0.255 e. The van der Waals surface area contributed by atoms with Crippen molar-refractivity contribution in [3.05, 3.63) is 23.5 Å². The number of nitrogens with two attached hydrogens (primary N) is 1. The van der Waals surface area contributed by atoms with E-state index in [1.54, 1.807) is 6.07 Å². The van der Waals surface area contributed by atoms with Crippen LogP contribution in [0.2, 0.25) is 0 Å². The number of anilines is 1. The van der Waals surface area contributed by atoms with Crippen molar-refractivity contribution in [2.45, 2.75) is 25.8 Å². The Kier molecular flexibility index (Phi) is 3.45. The van der Waals surface area contributed by atoms with Crippen LogP contribution in [-0.4, -0.2) is 29.4 Å². The van der Waals surface area contributed by atoms with Gasteiger partial charge in [0.25, 0.3) is 5.91 Å². The van der Waals surface area contributed by atoms with Gasteiger partial charge in [-0.3, -0.25) is 14.6 Å². The van der Waals surface area contributed by atoms with Crippen LogP contribution in [-0.2, 0) is 4.79 Å². The van der Waals surface area contributed by atoms with Crippen molar-refractivity contribution in [2.75, 3.05) is 12.3 Å². The summed E-state index contributed by atoms with van der Waals surface area (Å²) in [5, 5.41) is 5.55. The molecule has 0 saturated carbocycles. The molecule has 6 heteroatoms. The van der Waals surface area contributed by atoms with Crippen LogP contribution in [0, 0.1) is 6.92 Å². The maximum absolute atomic E-state index is 12.0. The molecule has 1 aromatic rings. The van der Waals surface area contributed by atoms with E-state index in [0.29, 0.717) is 30.6 Å². The molecule has 18 heavy (non-hydrogen) atoms. The Bertz CT molecular complexity index is 477. The molecule has 2 heterocycles. The van der Waals surface area contributed by atoms with E-state index >= 15 is 0 Å². The molecule has 0 spiro atoms. The SMILES string of the molecule is Cc1cc(N)c(C(=O)NC2CCC(=O)NC2)cn1. The molecule has 0 radical (unpaired) electrons. The monoisotopic (exact) mass is 248 g/mol. The van der Waals surface area contributed by atoms with Crippen molar-refractivity contribution in [1.29, 1.82) is 0 Å². The molecule has 1 aromatic heterocycles. The summed E-state index contributed by atoms with van der Waals surface area (Å²) in [5.41, 5.74) is 7.34. The molecule has 2 amide bonds. The highest BCUT2D eigenvalue weighted by Gasteiger charge is 2.21. The van der Waals surface area contributed by atoms with E-state index in [2.05, 4.69) is 15.6 Å². The molecule has 1 saturated heterocycles. The van der Waals surface area contributed by atoms with Crippen LogP contribution in [0.4, 0.5) is 5.69 Å². The highest BCUT2D eigenvalue weighted by molar-refractivity contribution is 5.99. The van der Waals surface area contributed by atoms with Crippen molar-refractivity contribution in [2.24, 2.45) is 0 Å². The van der Waals surface area contributed by atoms with Crippen LogP contribution in [0.25, 0.3) is 0 Å². The third-order valence-corrected chi connectivity index (χ3v) is 2.92. The highest BCUT2D eigenvalue weighted by Crippen LogP contribution is 2.12. The first-order valence-electron chi connectivity index (χ1n) is 5.86. The van der Waals surface area contributed by atoms with Gasteiger partial charge in [0.15, 0.2) is 0 Å². The van der Waals surface area contributed by atoms with E-state index < -0.39 is 0 Å². The summed E-state index contributed by atoms with van der Waals surface area (Å²) in [6, 6.07) is 1.62. The van der Waals surface area contributed by atoms with Crippen molar-refractivity contribution in [1.82, 2.24) is 15.6 Å². The van der Waals surface area contributed by atoms with Gasteiger partial charge in [-0.2, -0.15) is 0 Å². The molecule has 0 bridgehead atoms. The van der Waals surface area contributed by atoms with Gasteiger partial charge in [-0.1, -0.05) is 0 Å². The van der Waals surface area contributed by atoms with Crippen molar-refractivity contribution < 1.29 is 9.59 Å². The minimum Gasteiger partial charge on any atom is -0.398 e. The minimum absolute atomic E-state index is 0.0250. The minimum atomic E-state index is -0.249. The molecular weight excluding hydrogens is 232 g/mol. The number of nitrogen functional groups attached to an aromatic ring is 1. The molecule has 96 valence electrons. The van der Waals surface area contributed by atoms with E-state index in [9.17, 15) is 9.59 Å². The Morgan fingerprint density at radius 2 is 2.39 bits per heavy atom. The zero-order valence-corrected chi connectivity index (χ0v) is 10.2. The summed E-state index contributed by atoms with van der Waals surface area (Å²) in [7, 11) is 0. The molecule has 1 aliphatic rings. The maximum atomic E-state index is 12.0. The van der Waals surface area contributed by atoms with Gasteiger partial charge in [0, 0.05) is 36.6 Å². The van der Waals surface area contributed by atoms with Gasteiger partial charge < -0.3 is 16.4 Å². The average Bonchev–Trinajstić information content (AvgIpc) is 2.32. The van der Waals surface area contributed by atoms with Crippen LogP contribution in [0.15, 0.2) is 12.3 Å². The molecule has 1 atom stereocenters. The normalized spacial score (nSPS) is 19.2. The van der Waals surface area contributed by atoms with Gasteiger partial charge in [-0.15, -0.1) is 0 Å². The number of amides is 2. The topological polar surface area (TPSA) is 97.1 Å². The third kappa shape index (κ3) is 2.77. The fraction of sp³-hybridized carbons (Fsp3) is 0.417. The van der Waals surface area contributed by atoms with Crippen LogP contribution < -0.4 is 16.4 Å². The van der Waals surface area contributed by atoms with Gasteiger partial charge in [0.1, 0.15) is 0 Å². The Labute approximate surface area is 105 Å². The molecule has 0 aromatic carbocycles. The lowest BCUT2D eigenvalue weighted by Gasteiger charge is -2.23. The predicted molar refractivity (Wildman–Crippen MR) is 66.9 cm³/mol. The number of nitrogens with one attached hydrogen (secondary N) is 2. The zero-order valence-electron chi connectivity index (χ0n) is 10.2. The number of piperidine rings is 1. The zero-order chi connectivity index (χ0) is 13.1. The van der Waals surface area contributed by atoms with E-state index in [4.69, 9.17) is 5.73 Å². The highest BCUT2D eigenvalue weighted by atomic mass is 16.2. The number of rotatable bonds is 2. The van der Waals surface area contributed by atoms with Gasteiger partial charge in [-0.05, 0) is 19.4 Å². The van der Waals surface area contributed by atoms with E-state index in [1.807, 2.05) is 6.92 Å². The first-order valence-corrected chi connectivity index (χ1v) is 5.86. The van der Waals surface area contributed by atoms with Crippen LogP contribution in [0.1, 0.15) is 28.9 Å². The summed E-state index contributed by atoms with van der Waals surface area (Å²) in [6.07, 6.45) is 2.56. The number of pyridine rings is 1. The lowest BCUT2D eigenvalue weighted by atomic mass is 10.1. The molecule has 0 aliphatic carbocycles. The molecule has 4 N–H and O–H groups in total. The quantitative estimate of drug-likeness (QED) is 0.685. The van der Waals surface area contributed by atoms with Gasteiger partial charge >= 0.3 is 0 Å².